The van der Waals surface area contributed by atoms with Gasteiger partial charge in [0.05, 0.1) is 10.6 Å². The number of anilines is 1. The third-order valence-electron chi connectivity index (χ3n) is 5.25. The molecule has 3 heterocycles. The van der Waals surface area contributed by atoms with E-state index in [0.717, 1.165) is 54.1 Å². The molecule has 0 atom stereocenters. The van der Waals surface area contributed by atoms with Crippen LogP contribution in [-0.2, 0) is 19.4 Å². The molecule has 2 aliphatic rings. The number of aromatic nitrogens is 1. The average Bonchev–Trinajstić information content (AvgIpc) is 3.23. The maximum atomic E-state index is 12.5. The lowest BCUT2D eigenvalue weighted by Gasteiger charge is -2.29. The fraction of sp³-hybridized carbons (Fsp3) is 0.579. The van der Waals surface area contributed by atoms with Crippen LogP contribution in [0.1, 0.15) is 58.4 Å². The zero-order valence-electron chi connectivity index (χ0n) is 14.7. The lowest BCUT2D eigenvalue weighted by atomic mass is 9.99. The zero-order chi connectivity index (χ0) is 17.2. The summed E-state index contributed by atoms with van der Waals surface area (Å²) in [6.45, 7) is 5.53. The maximum absolute atomic E-state index is 12.5. The molecule has 25 heavy (non-hydrogen) atoms. The van der Waals surface area contributed by atoms with Gasteiger partial charge in [0.15, 0.2) is 5.13 Å². The molecule has 4 rings (SSSR count). The second-order valence-corrected chi connectivity index (χ2v) is 9.32. The molecule has 0 saturated carbocycles. The third-order valence-corrected chi connectivity index (χ3v) is 7.30. The van der Waals surface area contributed by atoms with Crippen molar-refractivity contribution in [3.63, 3.8) is 0 Å². The molecule has 0 unspecified atom stereocenters. The summed E-state index contributed by atoms with van der Waals surface area (Å²) < 4.78 is 0. The number of hydrogen-bond donors (Lipinski definition) is 1. The van der Waals surface area contributed by atoms with Crippen LogP contribution < -0.4 is 5.32 Å². The summed E-state index contributed by atoms with van der Waals surface area (Å²) in [6, 6.07) is 2.08. The molecule has 6 heteroatoms. The summed E-state index contributed by atoms with van der Waals surface area (Å²) in [6.07, 6.45) is 7.29. The van der Waals surface area contributed by atoms with Gasteiger partial charge in [0, 0.05) is 16.8 Å². The van der Waals surface area contributed by atoms with Crippen molar-refractivity contribution in [3.05, 3.63) is 32.5 Å². The van der Waals surface area contributed by atoms with Gasteiger partial charge in [-0.15, -0.1) is 22.7 Å². The summed E-state index contributed by atoms with van der Waals surface area (Å²) in [5.41, 5.74) is 2.45. The highest BCUT2D eigenvalue weighted by Crippen LogP contribution is 2.30. The minimum absolute atomic E-state index is 0.00732. The molecule has 1 saturated heterocycles. The van der Waals surface area contributed by atoms with Crippen molar-refractivity contribution in [3.8, 4) is 0 Å². The molecule has 0 spiro atoms. The van der Waals surface area contributed by atoms with Gasteiger partial charge in [0.25, 0.3) is 5.91 Å². The van der Waals surface area contributed by atoms with Crippen molar-refractivity contribution in [2.75, 3.05) is 18.4 Å². The quantitative estimate of drug-likeness (QED) is 0.851. The Balaban J connectivity index is 1.36. The number of rotatable bonds is 4. The van der Waals surface area contributed by atoms with E-state index in [0.29, 0.717) is 0 Å². The molecule has 0 bridgehead atoms. The van der Waals surface area contributed by atoms with Crippen LogP contribution in [0.2, 0.25) is 0 Å². The van der Waals surface area contributed by atoms with Gasteiger partial charge in [-0.25, -0.2) is 4.98 Å². The molecule has 1 amide bonds. The minimum Gasteiger partial charge on any atom is -0.297 e. The van der Waals surface area contributed by atoms with E-state index in [-0.39, 0.29) is 5.91 Å². The van der Waals surface area contributed by atoms with Crippen molar-refractivity contribution in [1.29, 1.82) is 0 Å². The van der Waals surface area contributed by atoms with Crippen molar-refractivity contribution in [2.45, 2.75) is 52.0 Å². The number of thiophene rings is 1. The standard InChI is InChI=1S/C19H25N3OS2/c1-13-6-8-22(9-7-13)11-15-12-24-19(20-15)21-18(23)17-10-14-4-2-3-5-16(14)25-17/h10,12-13H,2-9,11H2,1H3,(H,20,21,23). The van der Waals surface area contributed by atoms with E-state index in [2.05, 4.69) is 33.6 Å². The molecule has 2 aromatic rings. The Morgan fingerprint density at radius 3 is 2.92 bits per heavy atom. The second-order valence-electron chi connectivity index (χ2n) is 7.32. The first-order valence-corrected chi connectivity index (χ1v) is 11.0. The van der Waals surface area contributed by atoms with Gasteiger partial charge >= 0.3 is 0 Å². The Hall–Kier alpha value is -1.24. The number of aryl methyl sites for hydroxylation is 2. The number of thiazole rings is 1. The van der Waals surface area contributed by atoms with Gasteiger partial charge in [-0.3, -0.25) is 15.0 Å². The Morgan fingerprint density at radius 1 is 1.32 bits per heavy atom. The fourth-order valence-corrected chi connectivity index (χ4v) is 5.49. The lowest BCUT2D eigenvalue weighted by molar-refractivity contribution is 0.103. The Morgan fingerprint density at radius 2 is 2.12 bits per heavy atom. The van der Waals surface area contributed by atoms with Crippen molar-refractivity contribution >= 4 is 33.7 Å². The predicted molar refractivity (Wildman–Crippen MR) is 105 cm³/mol. The van der Waals surface area contributed by atoms with Crippen LogP contribution in [0.5, 0.6) is 0 Å². The first-order chi connectivity index (χ1) is 12.2. The monoisotopic (exact) mass is 375 g/mol. The molecule has 4 nitrogen and oxygen atoms in total. The van der Waals surface area contributed by atoms with Gasteiger partial charge in [-0.05, 0) is 69.2 Å². The number of likely N-dealkylation sites (tertiary alicyclic amines) is 1. The molecular formula is C19H25N3OS2. The Labute approximate surface area is 157 Å². The number of nitrogens with one attached hydrogen (secondary N) is 1. The summed E-state index contributed by atoms with van der Waals surface area (Å²) in [4.78, 5) is 21.8. The van der Waals surface area contributed by atoms with Crippen LogP contribution in [0.25, 0.3) is 0 Å². The number of fused-ring (bicyclic) bond motifs is 1. The zero-order valence-corrected chi connectivity index (χ0v) is 16.3. The number of carbonyl (C=O) groups is 1. The molecule has 1 N–H and O–H groups in total. The minimum atomic E-state index is -0.00732. The van der Waals surface area contributed by atoms with Crippen molar-refractivity contribution in [1.82, 2.24) is 9.88 Å². The third kappa shape index (κ3) is 4.13. The van der Waals surface area contributed by atoms with Crippen LogP contribution in [0.4, 0.5) is 5.13 Å². The highest BCUT2D eigenvalue weighted by atomic mass is 32.1. The van der Waals surface area contributed by atoms with E-state index in [1.807, 2.05) is 0 Å². The van der Waals surface area contributed by atoms with Crippen LogP contribution in [-0.4, -0.2) is 28.9 Å². The molecule has 134 valence electrons. The van der Waals surface area contributed by atoms with Crippen molar-refractivity contribution < 1.29 is 4.79 Å². The number of piperidine rings is 1. The second kappa shape index (κ2) is 7.56. The predicted octanol–water partition coefficient (Wildman–Crippen LogP) is 4.57. The normalized spacial score (nSPS) is 18.9. The number of nitrogens with zero attached hydrogens (tertiary/aromatic N) is 2. The molecular weight excluding hydrogens is 350 g/mol. The highest BCUT2D eigenvalue weighted by molar-refractivity contribution is 7.15. The van der Waals surface area contributed by atoms with Gasteiger partial charge in [-0.2, -0.15) is 0 Å². The highest BCUT2D eigenvalue weighted by Gasteiger charge is 2.19. The molecule has 1 aliphatic carbocycles. The van der Waals surface area contributed by atoms with Crippen molar-refractivity contribution in [2.24, 2.45) is 5.92 Å². The van der Waals surface area contributed by atoms with E-state index in [1.165, 1.54) is 47.5 Å². The summed E-state index contributed by atoms with van der Waals surface area (Å²) in [5, 5.41) is 5.79. The van der Waals surface area contributed by atoms with Gasteiger partial charge in [0.1, 0.15) is 0 Å². The molecule has 0 radical (unpaired) electrons. The topological polar surface area (TPSA) is 45.2 Å². The largest absolute Gasteiger partial charge is 0.297 e. The van der Waals surface area contributed by atoms with E-state index in [1.54, 1.807) is 11.3 Å². The van der Waals surface area contributed by atoms with E-state index >= 15 is 0 Å². The number of hydrogen-bond acceptors (Lipinski definition) is 5. The van der Waals surface area contributed by atoms with Gasteiger partial charge in [0.2, 0.25) is 0 Å². The SMILES string of the molecule is CC1CCN(Cc2csc(NC(=O)c3cc4c(s3)CCCC4)n2)CC1. The van der Waals surface area contributed by atoms with Crippen LogP contribution in [0, 0.1) is 5.92 Å². The lowest BCUT2D eigenvalue weighted by Crippen LogP contribution is -2.32. The molecule has 1 aliphatic heterocycles. The first-order valence-electron chi connectivity index (χ1n) is 9.27. The smallest absolute Gasteiger partial charge is 0.267 e. The maximum Gasteiger partial charge on any atom is 0.267 e. The fourth-order valence-electron chi connectivity index (χ4n) is 3.65. The van der Waals surface area contributed by atoms with Crippen LogP contribution in [0.3, 0.4) is 0 Å². The average molecular weight is 376 g/mol. The Bertz CT molecular complexity index is 720. The van der Waals surface area contributed by atoms with E-state index in [9.17, 15) is 4.79 Å². The number of carbonyl (C=O) groups excluding carboxylic acids is 1. The first kappa shape index (κ1) is 17.2. The molecule has 1 fully saturated rings. The summed E-state index contributed by atoms with van der Waals surface area (Å²) >= 11 is 3.19. The van der Waals surface area contributed by atoms with Crippen LogP contribution >= 0.6 is 22.7 Å². The van der Waals surface area contributed by atoms with Gasteiger partial charge < -0.3 is 0 Å². The van der Waals surface area contributed by atoms with E-state index in [4.69, 9.17) is 0 Å². The summed E-state index contributed by atoms with van der Waals surface area (Å²) in [7, 11) is 0. The molecule has 0 aromatic carbocycles. The summed E-state index contributed by atoms with van der Waals surface area (Å²) in [5.74, 6) is 0.838. The van der Waals surface area contributed by atoms with Crippen LogP contribution in [0.15, 0.2) is 11.4 Å². The van der Waals surface area contributed by atoms with Gasteiger partial charge in [-0.1, -0.05) is 6.92 Å². The molecule has 2 aromatic heterocycles. The Kier molecular flexibility index (Phi) is 5.20. The number of amides is 1. The van der Waals surface area contributed by atoms with E-state index < -0.39 is 0 Å².